The van der Waals surface area contributed by atoms with Crippen LogP contribution in [-0.4, -0.2) is 47.4 Å². The number of allylic oxidation sites excluding steroid dienone is 4. The topological polar surface area (TPSA) is 95.9 Å². The highest BCUT2D eigenvalue weighted by molar-refractivity contribution is 5.76. The molecule has 0 saturated heterocycles. The summed E-state index contributed by atoms with van der Waals surface area (Å²) >= 11 is 0. The maximum Gasteiger partial charge on any atom is 0.305 e. The zero-order chi connectivity index (χ0) is 55.7. The van der Waals surface area contributed by atoms with Crippen LogP contribution in [0.3, 0.4) is 0 Å². The van der Waals surface area contributed by atoms with E-state index in [-0.39, 0.29) is 18.5 Å². The van der Waals surface area contributed by atoms with Crippen molar-refractivity contribution in [2.75, 3.05) is 13.2 Å². The molecular weight excluding hydrogens is 947 g/mol. The van der Waals surface area contributed by atoms with Gasteiger partial charge in [-0.2, -0.15) is 0 Å². The Morgan fingerprint density at radius 3 is 1.01 bits per heavy atom. The van der Waals surface area contributed by atoms with Gasteiger partial charge in [-0.15, -0.1) is 0 Å². The average molecular weight is 1080 g/mol. The number of rotatable bonds is 66. The minimum Gasteiger partial charge on any atom is -0.466 e. The Hall–Kier alpha value is -1.66. The molecule has 0 bridgehead atoms. The molecule has 0 aromatic rings. The molecule has 0 spiro atoms. The Morgan fingerprint density at radius 1 is 0.364 bits per heavy atom. The van der Waals surface area contributed by atoms with Gasteiger partial charge in [-0.1, -0.05) is 346 Å². The van der Waals surface area contributed by atoms with Crippen LogP contribution in [0.1, 0.15) is 393 Å². The van der Waals surface area contributed by atoms with Crippen LogP contribution in [0.2, 0.25) is 0 Å². The molecule has 3 N–H and O–H groups in total. The van der Waals surface area contributed by atoms with Gasteiger partial charge in [-0.3, -0.25) is 9.59 Å². The molecule has 0 heterocycles. The second kappa shape index (κ2) is 66.8. The van der Waals surface area contributed by atoms with E-state index in [0.29, 0.717) is 25.9 Å². The molecule has 0 saturated carbocycles. The minimum absolute atomic E-state index is 0.0116. The third-order valence-electron chi connectivity index (χ3n) is 16.5. The van der Waals surface area contributed by atoms with Gasteiger partial charge >= 0.3 is 5.97 Å². The Bertz CT molecular complexity index is 1200. The summed E-state index contributed by atoms with van der Waals surface area (Å²) in [6, 6.07) is -0.541. The highest BCUT2D eigenvalue weighted by Crippen LogP contribution is 2.19. The van der Waals surface area contributed by atoms with Gasteiger partial charge in [0.15, 0.2) is 0 Å². The molecule has 0 rings (SSSR count). The monoisotopic (exact) mass is 1080 g/mol. The molecule has 0 aromatic carbocycles. The summed E-state index contributed by atoms with van der Waals surface area (Å²) in [5.41, 5.74) is 0. The number of amides is 1. The molecule has 0 aliphatic rings. The van der Waals surface area contributed by atoms with E-state index in [1.807, 2.05) is 0 Å². The smallest absolute Gasteiger partial charge is 0.305 e. The van der Waals surface area contributed by atoms with E-state index >= 15 is 0 Å². The third kappa shape index (κ3) is 63.4. The Kier molecular flexibility index (Phi) is 65.4. The van der Waals surface area contributed by atoms with Gasteiger partial charge in [-0.05, 0) is 57.8 Å². The highest BCUT2D eigenvalue weighted by Gasteiger charge is 2.20. The second-order valence-corrected chi connectivity index (χ2v) is 24.2. The molecule has 2 unspecified atom stereocenters. The van der Waals surface area contributed by atoms with Crippen molar-refractivity contribution in [1.82, 2.24) is 5.32 Å². The number of ether oxygens (including phenoxy) is 1. The lowest BCUT2D eigenvalue weighted by Gasteiger charge is -2.22. The van der Waals surface area contributed by atoms with Crippen LogP contribution in [0.5, 0.6) is 0 Å². The number of carbonyl (C=O) groups excluding carboxylic acids is 2. The first-order chi connectivity index (χ1) is 38.0. The SMILES string of the molecule is CCCCC/C=C\C/C=C\CCCCCCCCCCCC(=O)OCCCCCCCCCCCCCCCCCCCCCCCCCC(=O)NC(CO)C(O)CCCCCCCCCCCCCCCCCCCC. The maximum absolute atomic E-state index is 12.5. The lowest BCUT2D eigenvalue weighted by Crippen LogP contribution is -2.45. The Labute approximate surface area is 481 Å². The fourth-order valence-corrected chi connectivity index (χ4v) is 11.1. The molecular formula is C71H137NO5. The summed E-state index contributed by atoms with van der Waals surface area (Å²) < 4.78 is 5.51. The number of aliphatic hydroxyl groups is 2. The Balaban J connectivity index is 3.36. The lowest BCUT2D eigenvalue weighted by molar-refractivity contribution is -0.143. The molecule has 6 nitrogen and oxygen atoms in total. The van der Waals surface area contributed by atoms with Crippen molar-refractivity contribution in [3.8, 4) is 0 Å². The predicted octanol–water partition coefficient (Wildman–Crippen LogP) is 22.5. The van der Waals surface area contributed by atoms with E-state index in [1.54, 1.807) is 0 Å². The molecule has 1 amide bonds. The van der Waals surface area contributed by atoms with Gasteiger partial charge in [0.1, 0.15) is 0 Å². The number of hydrogen-bond acceptors (Lipinski definition) is 5. The molecule has 0 aliphatic carbocycles. The number of unbranched alkanes of at least 4 members (excludes halogenated alkanes) is 51. The maximum atomic E-state index is 12.5. The summed E-state index contributed by atoms with van der Waals surface area (Å²) in [6.07, 6.45) is 83.6. The van der Waals surface area contributed by atoms with Crippen LogP contribution in [-0.2, 0) is 14.3 Å². The van der Waals surface area contributed by atoms with E-state index in [2.05, 4.69) is 43.5 Å². The summed E-state index contributed by atoms with van der Waals surface area (Å²) in [5.74, 6) is -0.0191. The van der Waals surface area contributed by atoms with Crippen molar-refractivity contribution in [3.05, 3.63) is 24.3 Å². The Morgan fingerprint density at radius 2 is 0.649 bits per heavy atom. The number of hydrogen-bond donors (Lipinski definition) is 3. The first kappa shape index (κ1) is 75.3. The molecule has 6 heteroatoms. The zero-order valence-electron chi connectivity index (χ0n) is 52.2. The van der Waals surface area contributed by atoms with Gasteiger partial charge < -0.3 is 20.3 Å². The van der Waals surface area contributed by atoms with E-state index in [1.165, 1.54) is 308 Å². The van der Waals surface area contributed by atoms with Gasteiger partial charge in [0, 0.05) is 12.8 Å². The second-order valence-electron chi connectivity index (χ2n) is 24.2. The van der Waals surface area contributed by atoms with Crippen molar-refractivity contribution < 1.29 is 24.5 Å². The largest absolute Gasteiger partial charge is 0.466 e. The fraction of sp³-hybridized carbons (Fsp3) is 0.915. The normalized spacial score (nSPS) is 12.6. The minimum atomic E-state index is -0.664. The third-order valence-corrected chi connectivity index (χ3v) is 16.5. The van der Waals surface area contributed by atoms with E-state index in [9.17, 15) is 19.8 Å². The molecule has 0 radical (unpaired) electrons. The van der Waals surface area contributed by atoms with Crippen molar-refractivity contribution >= 4 is 11.9 Å². The summed E-state index contributed by atoms with van der Waals surface area (Å²) in [4.78, 5) is 24.6. The average Bonchev–Trinajstić information content (AvgIpc) is 3.43. The molecule has 0 aromatic heterocycles. The molecule has 0 fully saturated rings. The number of carbonyl (C=O) groups is 2. The van der Waals surface area contributed by atoms with E-state index in [0.717, 1.165) is 51.4 Å². The molecule has 2 atom stereocenters. The van der Waals surface area contributed by atoms with Crippen LogP contribution >= 0.6 is 0 Å². The molecule has 77 heavy (non-hydrogen) atoms. The number of esters is 1. The van der Waals surface area contributed by atoms with E-state index in [4.69, 9.17) is 4.74 Å². The predicted molar refractivity (Wildman–Crippen MR) is 338 cm³/mol. The van der Waals surface area contributed by atoms with Crippen LogP contribution in [0.25, 0.3) is 0 Å². The van der Waals surface area contributed by atoms with E-state index < -0.39 is 12.1 Å². The quantitative estimate of drug-likeness (QED) is 0.0320. The van der Waals surface area contributed by atoms with Gasteiger partial charge in [0.25, 0.3) is 0 Å². The number of nitrogens with one attached hydrogen (secondary N) is 1. The lowest BCUT2D eigenvalue weighted by atomic mass is 10.0. The fourth-order valence-electron chi connectivity index (χ4n) is 11.1. The van der Waals surface area contributed by atoms with Gasteiger partial charge in [0.2, 0.25) is 5.91 Å². The van der Waals surface area contributed by atoms with Crippen molar-refractivity contribution in [2.45, 2.75) is 405 Å². The summed E-state index contributed by atoms with van der Waals surface area (Å²) in [5, 5.41) is 23.4. The standard InChI is InChI=1S/C71H137NO5/c1-3-5-7-9-11-13-15-17-19-21-28-33-37-41-45-49-53-57-61-65-71(76)77-66-62-58-54-50-46-42-38-34-30-27-25-23-24-26-29-32-36-40-44-48-52-56-60-64-70(75)72-68(67-73)69(74)63-59-55-51-47-43-39-35-31-22-20-18-16-14-12-10-8-6-4-2/h11,13,17,19,68-69,73-74H,3-10,12,14-16,18,20-67H2,1-2H3,(H,72,75)/b13-11-,19-17-. The van der Waals surface area contributed by atoms with Crippen LogP contribution in [0.15, 0.2) is 24.3 Å². The molecule has 456 valence electrons. The van der Waals surface area contributed by atoms with Crippen LogP contribution in [0, 0.1) is 0 Å². The van der Waals surface area contributed by atoms with Crippen molar-refractivity contribution in [3.63, 3.8) is 0 Å². The summed E-state index contributed by atoms with van der Waals surface area (Å²) in [7, 11) is 0. The first-order valence-corrected chi connectivity index (χ1v) is 35.1. The first-order valence-electron chi connectivity index (χ1n) is 35.1. The summed E-state index contributed by atoms with van der Waals surface area (Å²) in [6.45, 7) is 4.96. The van der Waals surface area contributed by atoms with Crippen LogP contribution in [0.4, 0.5) is 0 Å². The van der Waals surface area contributed by atoms with Crippen LogP contribution < -0.4 is 5.32 Å². The van der Waals surface area contributed by atoms with Crippen molar-refractivity contribution in [2.24, 2.45) is 0 Å². The highest BCUT2D eigenvalue weighted by atomic mass is 16.5. The zero-order valence-corrected chi connectivity index (χ0v) is 52.2. The van der Waals surface area contributed by atoms with Crippen molar-refractivity contribution in [1.29, 1.82) is 0 Å². The van der Waals surface area contributed by atoms with Gasteiger partial charge in [-0.25, -0.2) is 0 Å². The molecule has 0 aliphatic heterocycles. The van der Waals surface area contributed by atoms with Gasteiger partial charge in [0.05, 0.1) is 25.4 Å². The number of aliphatic hydroxyl groups excluding tert-OH is 2.